The van der Waals surface area contributed by atoms with E-state index in [1.807, 2.05) is 0 Å². The van der Waals surface area contributed by atoms with Crippen molar-refractivity contribution in [2.45, 2.75) is 19.1 Å². The Bertz CT molecular complexity index is 677. The van der Waals surface area contributed by atoms with Gasteiger partial charge in [-0.25, -0.2) is 0 Å². The number of nitrogens with zero attached hydrogens (tertiary/aromatic N) is 2. The molecule has 9 nitrogen and oxygen atoms in total. The number of likely N-dealkylation sites (tertiary alicyclic amines) is 1. The number of nitro benzene ring substituents is 1. The Morgan fingerprint density at radius 3 is 2.89 bits per heavy atom. The Labute approximate surface area is 157 Å². The number of methoxy groups -OCH3 is 1. The van der Waals surface area contributed by atoms with E-state index in [2.05, 4.69) is 5.32 Å². The Hall–Kier alpha value is -2.23. The summed E-state index contributed by atoms with van der Waals surface area (Å²) in [6.07, 6.45) is 1.54. The van der Waals surface area contributed by atoms with Crippen LogP contribution < -0.4 is 5.32 Å². The lowest BCUT2D eigenvalue weighted by Gasteiger charge is -2.34. The number of carbonyl (C=O) groups is 1. The molecule has 0 radical (unpaired) electrons. The first-order valence-electron chi connectivity index (χ1n) is 9.14. The standard InChI is InChI=1S/C18H25N3O6/c1-25-8-6-19-15-5-4-13(11-16(15)21(23)24)17(22)20-7-2-3-14(12-20)18-26-9-10-27-18/h4-5,11,14,18-19H,2-3,6-10,12H2,1H3. The molecule has 1 aromatic carbocycles. The number of nitro groups is 1. The SMILES string of the molecule is COCCNc1ccc(C(=O)N2CCCC(C3OCCO3)C2)cc1[N+](=O)[O-]. The van der Waals surface area contributed by atoms with Crippen LogP contribution in [0.15, 0.2) is 18.2 Å². The first-order valence-corrected chi connectivity index (χ1v) is 9.14. The summed E-state index contributed by atoms with van der Waals surface area (Å²) in [4.78, 5) is 25.5. The second kappa shape index (κ2) is 9.12. The van der Waals surface area contributed by atoms with Gasteiger partial charge in [0.05, 0.1) is 24.7 Å². The Kier molecular flexibility index (Phi) is 6.59. The lowest BCUT2D eigenvalue weighted by molar-refractivity contribution is -0.384. The van der Waals surface area contributed by atoms with Crippen molar-refractivity contribution >= 4 is 17.3 Å². The number of carbonyl (C=O) groups excluding carboxylic acids is 1. The summed E-state index contributed by atoms with van der Waals surface area (Å²) in [5.74, 6) is -0.0700. The van der Waals surface area contributed by atoms with Crippen molar-refractivity contribution in [3.63, 3.8) is 0 Å². The molecule has 9 heteroatoms. The highest BCUT2D eigenvalue weighted by Crippen LogP contribution is 2.29. The minimum atomic E-state index is -0.481. The molecule has 2 aliphatic heterocycles. The van der Waals surface area contributed by atoms with E-state index in [9.17, 15) is 14.9 Å². The Balaban J connectivity index is 1.71. The van der Waals surface area contributed by atoms with Gasteiger partial charge < -0.3 is 24.4 Å². The summed E-state index contributed by atoms with van der Waals surface area (Å²) in [6.45, 7) is 3.20. The Morgan fingerprint density at radius 1 is 1.41 bits per heavy atom. The van der Waals surface area contributed by atoms with Gasteiger partial charge in [-0.3, -0.25) is 14.9 Å². The van der Waals surface area contributed by atoms with E-state index in [0.29, 0.717) is 50.7 Å². The van der Waals surface area contributed by atoms with Crippen LogP contribution in [0.25, 0.3) is 0 Å². The maximum absolute atomic E-state index is 12.9. The fourth-order valence-electron chi connectivity index (χ4n) is 3.50. The molecule has 0 aliphatic carbocycles. The van der Waals surface area contributed by atoms with Crippen molar-refractivity contribution in [3.8, 4) is 0 Å². The quantitative estimate of drug-likeness (QED) is 0.438. The van der Waals surface area contributed by atoms with Crippen LogP contribution in [0.1, 0.15) is 23.2 Å². The third-order valence-corrected chi connectivity index (χ3v) is 4.84. The molecule has 1 amide bonds. The van der Waals surface area contributed by atoms with Crippen LogP contribution in [0.2, 0.25) is 0 Å². The van der Waals surface area contributed by atoms with E-state index < -0.39 is 4.92 Å². The summed E-state index contributed by atoms with van der Waals surface area (Å²) >= 11 is 0. The van der Waals surface area contributed by atoms with E-state index in [1.165, 1.54) is 6.07 Å². The van der Waals surface area contributed by atoms with E-state index >= 15 is 0 Å². The molecule has 1 unspecified atom stereocenters. The molecule has 2 saturated heterocycles. The molecule has 1 atom stereocenters. The van der Waals surface area contributed by atoms with Crippen LogP contribution in [0.5, 0.6) is 0 Å². The van der Waals surface area contributed by atoms with Crippen LogP contribution >= 0.6 is 0 Å². The van der Waals surface area contributed by atoms with Crippen molar-refractivity contribution < 1.29 is 23.9 Å². The van der Waals surface area contributed by atoms with Crippen LogP contribution in [0.3, 0.4) is 0 Å². The van der Waals surface area contributed by atoms with E-state index in [1.54, 1.807) is 24.1 Å². The number of rotatable bonds is 7. The molecule has 2 aliphatic rings. The summed E-state index contributed by atoms with van der Waals surface area (Å²) in [5, 5.41) is 14.4. The highest BCUT2D eigenvalue weighted by Gasteiger charge is 2.33. The fraction of sp³-hybridized carbons (Fsp3) is 0.611. The molecule has 3 rings (SSSR count). The molecule has 0 bridgehead atoms. The van der Waals surface area contributed by atoms with Gasteiger partial charge >= 0.3 is 0 Å². The maximum Gasteiger partial charge on any atom is 0.293 e. The van der Waals surface area contributed by atoms with Gasteiger partial charge in [-0.05, 0) is 25.0 Å². The van der Waals surface area contributed by atoms with Crippen LogP contribution in [0, 0.1) is 16.0 Å². The highest BCUT2D eigenvalue weighted by molar-refractivity contribution is 5.95. The van der Waals surface area contributed by atoms with Gasteiger partial charge in [-0.15, -0.1) is 0 Å². The summed E-state index contributed by atoms with van der Waals surface area (Å²) in [5.41, 5.74) is 0.568. The maximum atomic E-state index is 12.9. The number of hydrogen-bond acceptors (Lipinski definition) is 7. The van der Waals surface area contributed by atoms with Crippen molar-refractivity contribution in [1.82, 2.24) is 4.90 Å². The summed E-state index contributed by atoms with van der Waals surface area (Å²) < 4.78 is 16.1. The van der Waals surface area contributed by atoms with Crippen molar-refractivity contribution in [2.24, 2.45) is 5.92 Å². The molecule has 0 aromatic heterocycles. The minimum Gasteiger partial charge on any atom is -0.383 e. The van der Waals surface area contributed by atoms with Crippen LogP contribution in [-0.2, 0) is 14.2 Å². The molecule has 1 aromatic rings. The highest BCUT2D eigenvalue weighted by atomic mass is 16.7. The lowest BCUT2D eigenvalue weighted by atomic mass is 9.96. The first kappa shape index (κ1) is 19.5. The number of piperidine rings is 1. The first-order chi connectivity index (χ1) is 13.1. The summed E-state index contributed by atoms with van der Waals surface area (Å²) in [6, 6.07) is 4.53. The minimum absolute atomic E-state index is 0.118. The zero-order valence-corrected chi connectivity index (χ0v) is 15.4. The number of anilines is 1. The number of hydrogen-bond donors (Lipinski definition) is 1. The number of benzene rings is 1. The van der Waals surface area contributed by atoms with Crippen LogP contribution in [0.4, 0.5) is 11.4 Å². The second-order valence-electron chi connectivity index (χ2n) is 6.67. The molecular weight excluding hydrogens is 354 g/mol. The van der Waals surface area contributed by atoms with Gasteiger partial charge in [0.1, 0.15) is 5.69 Å². The van der Waals surface area contributed by atoms with Gasteiger partial charge in [0.25, 0.3) is 11.6 Å². The lowest BCUT2D eigenvalue weighted by Crippen LogP contribution is -2.43. The molecular formula is C18H25N3O6. The largest absolute Gasteiger partial charge is 0.383 e. The van der Waals surface area contributed by atoms with Gasteiger partial charge in [-0.2, -0.15) is 0 Å². The topological polar surface area (TPSA) is 103 Å². The van der Waals surface area contributed by atoms with Gasteiger partial charge in [-0.1, -0.05) is 0 Å². The van der Waals surface area contributed by atoms with Crippen molar-refractivity contribution in [2.75, 3.05) is 51.9 Å². The normalized spacial score (nSPS) is 20.6. The van der Waals surface area contributed by atoms with Gasteiger partial charge in [0, 0.05) is 44.3 Å². The predicted octanol–water partition coefficient (Wildman–Crippen LogP) is 1.88. The third kappa shape index (κ3) is 4.74. The molecule has 0 saturated carbocycles. The fourth-order valence-corrected chi connectivity index (χ4v) is 3.50. The molecule has 148 valence electrons. The monoisotopic (exact) mass is 379 g/mol. The van der Waals surface area contributed by atoms with E-state index in [4.69, 9.17) is 14.2 Å². The van der Waals surface area contributed by atoms with Crippen molar-refractivity contribution in [3.05, 3.63) is 33.9 Å². The molecule has 0 spiro atoms. The predicted molar refractivity (Wildman–Crippen MR) is 97.8 cm³/mol. The average Bonchev–Trinajstić information content (AvgIpc) is 3.22. The molecule has 1 N–H and O–H groups in total. The number of nitrogens with one attached hydrogen (secondary N) is 1. The van der Waals surface area contributed by atoms with E-state index in [0.717, 1.165) is 12.8 Å². The second-order valence-corrected chi connectivity index (χ2v) is 6.67. The zero-order chi connectivity index (χ0) is 19.2. The third-order valence-electron chi connectivity index (χ3n) is 4.84. The molecule has 2 heterocycles. The molecule has 27 heavy (non-hydrogen) atoms. The smallest absolute Gasteiger partial charge is 0.293 e. The van der Waals surface area contributed by atoms with Crippen LogP contribution in [-0.4, -0.2) is 68.6 Å². The number of amides is 1. The van der Waals surface area contributed by atoms with Gasteiger partial charge in [0.2, 0.25) is 0 Å². The number of ether oxygens (including phenoxy) is 3. The average molecular weight is 379 g/mol. The molecule has 2 fully saturated rings. The van der Waals surface area contributed by atoms with Gasteiger partial charge in [0.15, 0.2) is 6.29 Å². The zero-order valence-electron chi connectivity index (χ0n) is 15.4. The van der Waals surface area contributed by atoms with E-state index in [-0.39, 0.29) is 23.8 Å². The summed E-state index contributed by atoms with van der Waals surface area (Å²) in [7, 11) is 1.56. The van der Waals surface area contributed by atoms with Crippen molar-refractivity contribution in [1.29, 1.82) is 0 Å². The Morgan fingerprint density at radius 2 is 2.19 bits per heavy atom.